The van der Waals surface area contributed by atoms with Gasteiger partial charge >= 0.3 is 6.03 Å². The number of carbonyl (C=O) groups excluding carboxylic acids is 4. The van der Waals surface area contributed by atoms with E-state index in [4.69, 9.17) is 0 Å². The predicted molar refractivity (Wildman–Crippen MR) is 127 cm³/mol. The molecular weight excluding hydrogens is 432 g/mol. The number of urea groups is 1. The number of imide groups is 1. The van der Waals surface area contributed by atoms with Crippen LogP contribution >= 0.6 is 0 Å². The molecule has 34 heavy (non-hydrogen) atoms. The molecule has 0 spiro atoms. The van der Waals surface area contributed by atoms with Crippen LogP contribution < -0.4 is 16.0 Å². The number of rotatable bonds is 6. The van der Waals surface area contributed by atoms with Crippen LogP contribution in [0.1, 0.15) is 35.7 Å². The molecule has 2 aliphatic rings. The Hall–Kier alpha value is -4.20. The first-order chi connectivity index (χ1) is 16.3. The number of nitrogens with one attached hydrogen (secondary N) is 3. The number of benzene rings is 3. The van der Waals surface area contributed by atoms with E-state index in [0.717, 1.165) is 28.5 Å². The Morgan fingerprint density at radius 3 is 2.41 bits per heavy atom. The van der Waals surface area contributed by atoms with Crippen molar-refractivity contribution in [3.8, 4) is 0 Å². The second kappa shape index (κ2) is 8.30. The zero-order chi connectivity index (χ0) is 23.9. The summed E-state index contributed by atoms with van der Waals surface area (Å²) < 4.78 is 0. The second-order valence-electron chi connectivity index (χ2n) is 8.88. The van der Waals surface area contributed by atoms with Crippen molar-refractivity contribution in [2.45, 2.75) is 31.3 Å². The molecule has 0 radical (unpaired) electrons. The first-order valence-corrected chi connectivity index (χ1v) is 11.2. The fourth-order valence-corrected chi connectivity index (χ4v) is 4.08. The van der Waals surface area contributed by atoms with Gasteiger partial charge in [0, 0.05) is 17.3 Å². The number of fused-ring (bicyclic) bond motifs is 1. The largest absolute Gasteiger partial charge is 0.349 e. The zero-order valence-electron chi connectivity index (χ0n) is 18.6. The van der Waals surface area contributed by atoms with Gasteiger partial charge in [-0.2, -0.15) is 0 Å². The van der Waals surface area contributed by atoms with Gasteiger partial charge in [-0.05, 0) is 66.4 Å². The molecule has 1 saturated carbocycles. The van der Waals surface area contributed by atoms with Crippen molar-refractivity contribution in [3.63, 3.8) is 0 Å². The molecule has 8 heteroatoms. The van der Waals surface area contributed by atoms with Gasteiger partial charge in [0.2, 0.25) is 5.91 Å². The van der Waals surface area contributed by atoms with Crippen molar-refractivity contribution in [2.75, 3.05) is 11.9 Å². The Kier molecular flexibility index (Phi) is 5.28. The van der Waals surface area contributed by atoms with E-state index in [1.54, 1.807) is 31.2 Å². The van der Waals surface area contributed by atoms with Crippen LogP contribution in [0.4, 0.5) is 10.5 Å². The molecule has 3 aromatic carbocycles. The number of anilines is 1. The van der Waals surface area contributed by atoms with Gasteiger partial charge in [0.15, 0.2) is 0 Å². The van der Waals surface area contributed by atoms with Gasteiger partial charge in [0.25, 0.3) is 11.8 Å². The molecule has 172 valence electrons. The summed E-state index contributed by atoms with van der Waals surface area (Å²) in [5.41, 5.74) is 0.354. The third-order valence-electron chi connectivity index (χ3n) is 6.25. The van der Waals surface area contributed by atoms with Crippen molar-refractivity contribution >= 4 is 40.2 Å². The molecule has 1 saturated heterocycles. The van der Waals surface area contributed by atoms with Gasteiger partial charge in [0.05, 0.1) is 0 Å². The van der Waals surface area contributed by atoms with E-state index in [1.165, 1.54) is 0 Å². The highest BCUT2D eigenvalue weighted by atomic mass is 16.2. The number of amides is 5. The van der Waals surface area contributed by atoms with Gasteiger partial charge < -0.3 is 16.0 Å². The Balaban J connectivity index is 1.25. The van der Waals surface area contributed by atoms with Crippen molar-refractivity contribution in [3.05, 3.63) is 77.9 Å². The zero-order valence-corrected chi connectivity index (χ0v) is 18.6. The van der Waals surface area contributed by atoms with Crippen LogP contribution in [-0.2, 0) is 15.1 Å². The predicted octanol–water partition coefficient (Wildman–Crippen LogP) is 3.14. The maximum absolute atomic E-state index is 13.2. The molecule has 5 amide bonds. The van der Waals surface area contributed by atoms with Gasteiger partial charge in [0.1, 0.15) is 12.1 Å². The maximum atomic E-state index is 13.2. The van der Waals surface area contributed by atoms with Gasteiger partial charge in [-0.3, -0.25) is 19.3 Å². The van der Waals surface area contributed by atoms with Crippen molar-refractivity contribution in [2.24, 2.45) is 0 Å². The van der Waals surface area contributed by atoms with Crippen LogP contribution in [0.2, 0.25) is 0 Å². The molecule has 1 unspecified atom stereocenters. The molecule has 3 aromatic rings. The summed E-state index contributed by atoms with van der Waals surface area (Å²) >= 11 is 0. The lowest BCUT2D eigenvalue weighted by Gasteiger charge is -2.22. The summed E-state index contributed by atoms with van der Waals surface area (Å²) in [6.07, 6.45) is 2.01. The van der Waals surface area contributed by atoms with Crippen molar-refractivity contribution < 1.29 is 19.2 Å². The van der Waals surface area contributed by atoms with E-state index in [9.17, 15) is 19.2 Å². The van der Waals surface area contributed by atoms with Crippen LogP contribution in [0.25, 0.3) is 10.8 Å². The third-order valence-corrected chi connectivity index (χ3v) is 6.25. The molecule has 2 fully saturated rings. The van der Waals surface area contributed by atoms with Crippen molar-refractivity contribution in [1.82, 2.24) is 15.5 Å². The lowest BCUT2D eigenvalue weighted by molar-refractivity contribution is -0.133. The highest BCUT2D eigenvalue weighted by Crippen LogP contribution is 2.31. The van der Waals surface area contributed by atoms with Crippen LogP contribution in [0.3, 0.4) is 0 Å². The molecule has 8 nitrogen and oxygen atoms in total. The minimum absolute atomic E-state index is 0.146. The van der Waals surface area contributed by atoms with Crippen LogP contribution in [0, 0.1) is 0 Å². The normalized spacial score (nSPS) is 19.7. The second-order valence-corrected chi connectivity index (χ2v) is 8.88. The quantitative estimate of drug-likeness (QED) is 0.495. The molecule has 1 heterocycles. The number of carbonyl (C=O) groups is 4. The highest BCUT2D eigenvalue weighted by Gasteiger charge is 2.49. The molecule has 0 aromatic heterocycles. The van der Waals surface area contributed by atoms with E-state index in [0.29, 0.717) is 16.8 Å². The minimum Gasteiger partial charge on any atom is -0.349 e. The molecule has 1 aliphatic carbocycles. The first kappa shape index (κ1) is 21.6. The monoisotopic (exact) mass is 456 g/mol. The Bertz CT molecular complexity index is 1320. The number of hydrogen-bond donors (Lipinski definition) is 3. The number of nitrogens with zero attached hydrogens (tertiary/aromatic N) is 1. The van der Waals surface area contributed by atoms with Crippen molar-refractivity contribution in [1.29, 1.82) is 0 Å². The minimum atomic E-state index is -1.27. The highest BCUT2D eigenvalue weighted by molar-refractivity contribution is 6.10. The summed E-state index contributed by atoms with van der Waals surface area (Å²) in [7, 11) is 0. The summed E-state index contributed by atoms with van der Waals surface area (Å²) in [5, 5.41) is 10.3. The van der Waals surface area contributed by atoms with E-state index < -0.39 is 29.9 Å². The Labute approximate surface area is 196 Å². The average molecular weight is 457 g/mol. The van der Waals surface area contributed by atoms with Crippen LogP contribution in [0.5, 0.6) is 0 Å². The molecule has 1 aliphatic heterocycles. The SMILES string of the molecule is CC1(c2ccc3ccccc3c2)NC(=O)N(CC(=O)Nc2ccc(C(=O)NC3CC3)cc2)C1=O. The summed E-state index contributed by atoms with van der Waals surface area (Å²) in [6.45, 7) is 1.22. The van der Waals surface area contributed by atoms with Gasteiger partial charge in [-0.1, -0.05) is 36.4 Å². The molecule has 3 N–H and O–H groups in total. The van der Waals surface area contributed by atoms with E-state index >= 15 is 0 Å². The van der Waals surface area contributed by atoms with Gasteiger partial charge in [-0.25, -0.2) is 4.79 Å². The lowest BCUT2D eigenvalue weighted by Crippen LogP contribution is -2.42. The summed E-state index contributed by atoms with van der Waals surface area (Å²) in [5.74, 6) is -1.15. The topological polar surface area (TPSA) is 108 Å². The molecule has 1 atom stereocenters. The summed E-state index contributed by atoms with van der Waals surface area (Å²) in [4.78, 5) is 51.4. The van der Waals surface area contributed by atoms with E-state index in [1.807, 2.05) is 42.5 Å². The maximum Gasteiger partial charge on any atom is 0.325 e. The Morgan fingerprint density at radius 2 is 1.71 bits per heavy atom. The van der Waals surface area contributed by atoms with Crippen LogP contribution in [-0.4, -0.2) is 41.2 Å². The smallest absolute Gasteiger partial charge is 0.325 e. The van der Waals surface area contributed by atoms with E-state index in [-0.39, 0.29) is 11.9 Å². The fourth-order valence-electron chi connectivity index (χ4n) is 4.08. The molecular formula is C26H24N4O4. The molecule has 0 bridgehead atoms. The molecule has 5 rings (SSSR count). The van der Waals surface area contributed by atoms with Gasteiger partial charge in [-0.15, -0.1) is 0 Å². The standard InChI is InChI=1S/C26H24N4O4/c1-26(19-9-6-16-4-2-3-5-18(16)14-19)24(33)30(25(34)29-26)15-22(31)27-20-10-7-17(8-11-20)23(32)28-21-12-13-21/h2-11,14,21H,12-13,15H2,1H3,(H,27,31)(H,28,32)(H,29,34). The van der Waals surface area contributed by atoms with E-state index in [2.05, 4.69) is 16.0 Å². The third kappa shape index (κ3) is 4.10. The summed E-state index contributed by atoms with van der Waals surface area (Å²) in [6, 6.07) is 19.5. The fraction of sp³-hybridized carbons (Fsp3) is 0.231. The lowest BCUT2D eigenvalue weighted by atomic mass is 9.90. The van der Waals surface area contributed by atoms with Crippen LogP contribution in [0.15, 0.2) is 66.7 Å². The average Bonchev–Trinajstić information content (AvgIpc) is 3.62. The Morgan fingerprint density at radius 1 is 1.00 bits per heavy atom. The first-order valence-electron chi connectivity index (χ1n) is 11.2. The number of hydrogen-bond acceptors (Lipinski definition) is 4.